The van der Waals surface area contributed by atoms with Crippen molar-refractivity contribution in [1.82, 2.24) is 4.98 Å². The maximum absolute atomic E-state index is 11.2. The van der Waals surface area contributed by atoms with Crippen molar-refractivity contribution < 1.29 is 9.53 Å². The van der Waals surface area contributed by atoms with Crippen LogP contribution in [0.5, 0.6) is 0 Å². The molecule has 4 nitrogen and oxygen atoms in total. The van der Waals surface area contributed by atoms with Crippen molar-refractivity contribution in [2.24, 2.45) is 5.73 Å². The van der Waals surface area contributed by atoms with E-state index in [1.165, 1.54) is 11.3 Å². The molecule has 0 unspecified atom stereocenters. The number of esters is 1. The van der Waals surface area contributed by atoms with Crippen molar-refractivity contribution in [3.8, 4) is 0 Å². The van der Waals surface area contributed by atoms with Crippen LogP contribution in [0.25, 0.3) is 0 Å². The molecule has 0 aliphatic carbocycles. The van der Waals surface area contributed by atoms with Gasteiger partial charge >= 0.3 is 5.97 Å². The summed E-state index contributed by atoms with van der Waals surface area (Å²) < 4.78 is 4.79. The summed E-state index contributed by atoms with van der Waals surface area (Å²) in [7, 11) is 0. The molecule has 0 spiro atoms. The second-order valence-electron chi connectivity index (χ2n) is 2.58. The van der Waals surface area contributed by atoms with Crippen LogP contribution in [-0.4, -0.2) is 17.6 Å². The first-order valence-electron chi connectivity index (χ1n) is 4.03. The quantitative estimate of drug-likeness (QED) is 0.748. The SMILES string of the molecule is CCOC(=O)c1csc([C@@H](C)N)n1. The van der Waals surface area contributed by atoms with Gasteiger partial charge in [-0.3, -0.25) is 0 Å². The Bertz CT molecular complexity index is 296. The number of nitrogens with two attached hydrogens (primary N) is 1. The molecule has 0 aliphatic rings. The van der Waals surface area contributed by atoms with Crippen LogP contribution in [0.3, 0.4) is 0 Å². The van der Waals surface area contributed by atoms with Crippen LogP contribution in [0, 0.1) is 0 Å². The zero-order valence-electron chi connectivity index (χ0n) is 7.61. The van der Waals surface area contributed by atoms with Gasteiger partial charge in [0.15, 0.2) is 5.69 Å². The van der Waals surface area contributed by atoms with Crippen LogP contribution in [0.15, 0.2) is 5.38 Å². The van der Waals surface area contributed by atoms with Gasteiger partial charge in [0, 0.05) is 5.38 Å². The molecule has 1 heterocycles. The van der Waals surface area contributed by atoms with Gasteiger partial charge in [0.05, 0.1) is 12.6 Å². The highest BCUT2D eigenvalue weighted by atomic mass is 32.1. The fraction of sp³-hybridized carbons (Fsp3) is 0.500. The van der Waals surface area contributed by atoms with E-state index >= 15 is 0 Å². The van der Waals surface area contributed by atoms with Crippen molar-refractivity contribution in [2.75, 3.05) is 6.61 Å². The molecule has 0 aliphatic heterocycles. The Hall–Kier alpha value is -0.940. The Morgan fingerprint density at radius 3 is 3.00 bits per heavy atom. The maximum Gasteiger partial charge on any atom is 0.357 e. The van der Waals surface area contributed by atoms with E-state index in [-0.39, 0.29) is 12.0 Å². The summed E-state index contributed by atoms with van der Waals surface area (Å²) in [5.41, 5.74) is 5.94. The van der Waals surface area contributed by atoms with Gasteiger partial charge < -0.3 is 10.5 Å². The van der Waals surface area contributed by atoms with Gasteiger partial charge in [-0.25, -0.2) is 9.78 Å². The van der Waals surface area contributed by atoms with Crippen LogP contribution < -0.4 is 5.73 Å². The van der Waals surface area contributed by atoms with E-state index in [9.17, 15) is 4.79 Å². The average molecular weight is 200 g/mol. The molecule has 0 radical (unpaired) electrons. The van der Waals surface area contributed by atoms with Crippen molar-refractivity contribution in [2.45, 2.75) is 19.9 Å². The van der Waals surface area contributed by atoms with Crippen LogP contribution in [0.2, 0.25) is 0 Å². The molecular weight excluding hydrogens is 188 g/mol. The van der Waals surface area contributed by atoms with E-state index in [2.05, 4.69) is 4.98 Å². The molecule has 0 fully saturated rings. The lowest BCUT2D eigenvalue weighted by Gasteiger charge is -1.98. The molecule has 2 N–H and O–H groups in total. The van der Waals surface area contributed by atoms with Crippen molar-refractivity contribution in [3.63, 3.8) is 0 Å². The molecule has 1 atom stereocenters. The third kappa shape index (κ3) is 2.50. The molecule has 1 rings (SSSR count). The molecule has 0 aromatic carbocycles. The van der Waals surface area contributed by atoms with Crippen LogP contribution in [0.4, 0.5) is 0 Å². The summed E-state index contributed by atoms with van der Waals surface area (Å²) in [6, 6.07) is -0.131. The van der Waals surface area contributed by atoms with Gasteiger partial charge in [-0.05, 0) is 13.8 Å². The zero-order valence-corrected chi connectivity index (χ0v) is 8.43. The normalized spacial score (nSPS) is 12.5. The highest BCUT2D eigenvalue weighted by Crippen LogP contribution is 2.16. The average Bonchev–Trinajstić information content (AvgIpc) is 2.52. The Morgan fingerprint density at radius 2 is 2.54 bits per heavy atom. The predicted molar refractivity (Wildman–Crippen MR) is 50.7 cm³/mol. The minimum Gasteiger partial charge on any atom is -0.461 e. The van der Waals surface area contributed by atoms with E-state index in [1.54, 1.807) is 12.3 Å². The monoisotopic (exact) mass is 200 g/mol. The molecule has 0 amide bonds. The molecule has 0 saturated carbocycles. The number of carbonyl (C=O) groups is 1. The summed E-state index contributed by atoms with van der Waals surface area (Å²) in [6.45, 7) is 3.95. The highest BCUT2D eigenvalue weighted by molar-refractivity contribution is 7.09. The Morgan fingerprint density at radius 1 is 1.85 bits per heavy atom. The third-order valence-corrected chi connectivity index (χ3v) is 2.44. The smallest absolute Gasteiger partial charge is 0.357 e. The largest absolute Gasteiger partial charge is 0.461 e. The standard InChI is InChI=1S/C8H12N2O2S/c1-3-12-8(11)6-4-13-7(10-6)5(2)9/h4-5H,3,9H2,1-2H3/t5-/m1/s1. The third-order valence-electron chi connectivity index (χ3n) is 1.40. The lowest BCUT2D eigenvalue weighted by molar-refractivity contribution is 0.0520. The number of hydrogen-bond donors (Lipinski definition) is 1. The summed E-state index contributed by atoms with van der Waals surface area (Å²) in [5, 5.41) is 2.42. The lowest BCUT2D eigenvalue weighted by Crippen LogP contribution is -2.08. The van der Waals surface area contributed by atoms with Crippen molar-refractivity contribution in [1.29, 1.82) is 0 Å². The minimum atomic E-state index is -0.384. The molecule has 1 aromatic rings. The maximum atomic E-state index is 11.2. The summed E-state index contributed by atoms with van der Waals surface area (Å²) >= 11 is 1.37. The van der Waals surface area contributed by atoms with Gasteiger partial charge in [0.25, 0.3) is 0 Å². The number of ether oxygens (including phenoxy) is 1. The van der Waals surface area contributed by atoms with E-state index in [4.69, 9.17) is 10.5 Å². The molecule has 1 aromatic heterocycles. The highest BCUT2D eigenvalue weighted by Gasteiger charge is 2.12. The number of aromatic nitrogens is 1. The van der Waals surface area contributed by atoms with E-state index < -0.39 is 0 Å². The number of thiazole rings is 1. The van der Waals surface area contributed by atoms with Crippen molar-refractivity contribution in [3.05, 3.63) is 16.1 Å². The summed E-state index contributed by atoms with van der Waals surface area (Å²) in [4.78, 5) is 15.2. The Labute approximate surface area is 80.7 Å². The summed E-state index contributed by atoms with van der Waals surface area (Å²) in [5.74, 6) is -0.384. The van der Waals surface area contributed by atoms with Crippen LogP contribution in [0.1, 0.15) is 35.4 Å². The Balaban J connectivity index is 2.73. The molecule has 5 heteroatoms. The van der Waals surface area contributed by atoms with Gasteiger partial charge in [0.1, 0.15) is 5.01 Å². The molecule has 0 bridgehead atoms. The van der Waals surface area contributed by atoms with E-state index in [1.807, 2.05) is 6.92 Å². The number of hydrogen-bond acceptors (Lipinski definition) is 5. The topological polar surface area (TPSA) is 65.2 Å². The Kier molecular flexibility index (Phi) is 3.39. The second-order valence-corrected chi connectivity index (χ2v) is 3.47. The number of rotatable bonds is 3. The summed E-state index contributed by atoms with van der Waals surface area (Å²) in [6.07, 6.45) is 0. The predicted octanol–water partition coefficient (Wildman–Crippen LogP) is 1.34. The van der Waals surface area contributed by atoms with Gasteiger partial charge in [0.2, 0.25) is 0 Å². The fourth-order valence-electron chi connectivity index (χ4n) is 0.796. The molecule has 13 heavy (non-hydrogen) atoms. The minimum absolute atomic E-state index is 0.131. The molecular formula is C8H12N2O2S. The van der Waals surface area contributed by atoms with Crippen LogP contribution in [-0.2, 0) is 4.74 Å². The van der Waals surface area contributed by atoms with Gasteiger partial charge in [-0.1, -0.05) is 0 Å². The number of nitrogens with zero attached hydrogens (tertiary/aromatic N) is 1. The number of carbonyl (C=O) groups excluding carboxylic acids is 1. The first kappa shape index (κ1) is 10.1. The first-order chi connectivity index (χ1) is 6.15. The molecule has 0 saturated heterocycles. The second kappa shape index (κ2) is 4.34. The van der Waals surface area contributed by atoms with E-state index in [0.717, 1.165) is 5.01 Å². The van der Waals surface area contributed by atoms with Gasteiger partial charge in [-0.2, -0.15) is 0 Å². The van der Waals surface area contributed by atoms with Crippen LogP contribution >= 0.6 is 11.3 Å². The van der Waals surface area contributed by atoms with Gasteiger partial charge in [-0.15, -0.1) is 11.3 Å². The molecule has 72 valence electrons. The fourth-order valence-corrected chi connectivity index (χ4v) is 1.54. The van der Waals surface area contributed by atoms with E-state index in [0.29, 0.717) is 12.3 Å². The van der Waals surface area contributed by atoms with Crippen molar-refractivity contribution >= 4 is 17.3 Å². The zero-order chi connectivity index (χ0) is 9.84. The first-order valence-corrected chi connectivity index (χ1v) is 4.91. The lowest BCUT2D eigenvalue weighted by atomic mass is 10.4.